The molecule has 1 aliphatic carbocycles. The maximum Gasteiger partial charge on any atom is 0.338 e. The van der Waals surface area contributed by atoms with Crippen LogP contribution >= 0.6 is 22.9 Å². The Morgan fingerprint density at radius 1 is 1.13 bits per heavy atom. The average Bonchev–Trinajstić information content (AvgIpc) is 3.19. The van der Waals surface area contributed by atoms with Crippen LogP contribution in [0, 0.1) is 0 Å². The molecule has 0 spiro atoms. The Morgan fingerprint density at radius 2 is 1.80 bits per heavy atom. The maximum atomic E-state index is 12.3. The van der Waals surface area contributed by atoms with Gasteiger partial charge in [0, 0.05) is 18.8 Å². The molecule has 0 unspecified atom stereocenters. The van der Waals surface area contributed by atoms with Gasteiger partial charge in [-0.2, -0.15) is 0 Å². The summed E-state index contributed by atoms with van der Waals surface area (Å²) in [6.07, 6.45) is 5.37. The highest BCUT2D eigenvalue weighted by Gasteiger charge is 2.23. The Labute approximate surface area is 185 Å². The summed E-state index contributed by atoms with van der Waals surface area (Å²) in [7, 11) is -2.01. The van der Waals surface area contributed by atoms with E-state index in [9.17, 15) is 18.0 Å². The van der Waals surface area contributed by atoms with Crippen LogP contribution in [0.25, 0.3) is 0 Å². The van der Waals surface area contributed by atoms with Crippen molar-refractivity contribution in [2.24, 2.45) is 0 Å². The second-order valence-electron chi connectivity index (χ2n) is 7.11. The van der Waals surface area contributed by atoms with Gasteiger partial charge in [0.2, 0.25) is 0 Å². The fourth-order valence-corrected chi connectivity index (χ4v) is 5.85. The topological polar surface area (TPSA) is 92.8 Å². The normalized spacial score (nSPS) is 14.9. The van der Waals surface area contributed by atoms with Gasteiger partial charge in [0.25, 0.3) is 15.9 Å². The van der Waals surface area contributed by atoms with Crippen LogP contribution < -0.4 is 4.72 Å². The van der Waals surface area contributed by atoms with Crippen LogP contribution in [-0.2, 0) is 19.6 Å². The van der Waals surface area contributed by atoms with Gasteiger partial charge < -0.3 is 9.64 Å². The number of esters is 1. The molecule has 1 heterocycles. The first kappa shape index (κ1) is 22.6. The molecule has 1 amide bonds. The molecule has 1 aromatic carbocycles. The Morgan fingerprint density at radius 3 is 2.40 bits per heavy atom. The minimum Gasteiger partial charge on any atom is -0.452 e. The average molecular weight is 471 g/mol. The summed E-state index contributed by atoms with van der Waals surface area (Å²) in [6.45, 7) is -0.320. The minimum atomic E-state index is -3.75. The molecular formula is C20H23ClN2O5S2. The largest absolute Gasteiger partial charge is 0.452 e. The lowest BCUT2D eigenvalue weighted by Gasteiger charge is -2.31. The number of likely N-dealkylation sites (N-methyl/N-ethyl adjacent to an activating group) is 1. The smallest absolute Gasteiger partial charge is 0.338 e. The first-order valence-electron chi connectivity index (χ1n) is 9.57. The molecule has 0 radical (unpaired) electrons. The number of carbonyl (C=O) groups is 2. The molecule has 0 saturated heterocycles. The van der Waals surface area contributed by atoms with Crippen molar-refractivity contribution in [1.82, 2.24) is 4.90 Å². The molecule has 1 aromatic heterocycles. The van der Waals surface area contributed by atoms with E-state index in [0.717, 1.165) is 37.0 Å². The van der Waals surface area contributed by atoms with Crippen molar-refractivity contribution in [2.45, 2.75) is 42.4 Å². The predicted molar refractivity (Wildman–Crippen MR) is 117 cm³/mol. The van der Waals surface area contributed by atoms with E-state index in [1.54, 1.807) is 11.9 Å². The zero-order valence-corrected chi connectivity index (χ0v) is 18.9. The number of ether oxygens (including phenoxy) is 1. The number of anilines is 1. The molecule has 1 saturated carbocycles. The van der Waals surface area contributed by atoms with Crippen LogP contribution in [0.5, 0.6) is 0 Å². The summed E-state index contributed by atoms with van der Waals surface area (Å²) in [5, 5.41) is 0. The van der Waals surface area contributed by atoms with Gasteiger partial charge in [-0.1, -0.05) is 30.9 Å². The van der Waals surface area contributed by atoms with Gasteiger partial charge >= 0.3 is 5.97 Å². The first-order chi connectivity index (χ1) is 14.3. The molecular weight excluding hydrogens is 448 g/mol. The first-order valence-corrected chi connectivity index (χ1v) is 12.2. The second kappa shape index (κ2) is 9.80. The number of hydrogen-bond donors (Lipinski definition) is 1. The molecule has 7 nitrogen and oxygen atoms in total. The number of benzene rings is 1. The number of nitrogens with zero attached hydrogens (tertiary/aromatic N) is 1. The number of carbonyl (C=O) groups excluding carboxylic acids is 2. The number of nitrogens with one attached hydrogen (secondary N) is 1. The molecule has 0 aliphatic heterocycles. The molecule has 0 bridgehead atoms. The van der Waals surface area contributed by atoms with Crippen molar-refractivity contribution in [3.8, 4) is 0 Å². The number of hydrogen-bond acceptors (Lipinski definition) is 6. The molecule has 30 heavy (non-hydrogen) atoms. The van der Waals surface area contributed by atoms with Crippen molar-refractivity contribution in [1.29, 1.82) is 0 Å². The summed E-state index contributed by atoms with van der Waals surface area (Å²) in [6, 6.07) is 8.93. The third kappa shape index (κ3) is 5.74. The van der Waals surface area contributed by atoms with E-state index in [0.29, 0.717) is 10.0 Å². The maximum absolute atomic E-state index is 12.3. The fourth-order valence-electron chi connectivity index (χ4n) is 3.31. The van der Waals surface area contributed by atoms with E-state index in [-0.39, 0.29) is 28.3 Å². The monoisotopic (exact) mass is 470 g/mol. The van der Waals surface area contributed by atoms with Crippen molar-refractivity contribution in [3.05, 3.63) is 46.3 Å². The van der Waals surface area contributed by atoms with Crippen molar-refractivity contribution < 1.29 is 22.7 Å². The van der Waals surface area contributed by atoms with E-state index in [1.807, 2.05) is 0 Å². The summed E-state index contributed by atoms with van der Waals surface area (Å²) in [4.78, 5) is 26.2. The molecule has 2 aromatic rings. The Bertz CT molecular complexity index is 998. The van der Waals surface area contributed by atoms with Crippen LogP contribution in [0.15, 0.2) is 40.6 Å². The molecule has 162 valence electrons. The lowest BCUT2D eigenvalue weighted by molar-refractivity contribution is -0.135. The molecule has 1 fully saturated rings. The number of amides is 1. The SMILES string of the molecule is CN(C(=O)COC(=O)c1ccc(NS(=O)(=O)c2ccc(Cl)s2)cc1)C1CCCCC1. The van der Waals surface area contributed by atoms with E-state index in [2.05, 4.69) is 4.72 Å². The second-order valence-corrected chi connectivity index (χ2v) is 10.7. The van der Waals surface area contributed by atoms with Crippen LogP contribution in [0.2, 0.25) is 4.34 Å². The summed E-state index contributed by atoms with van der Waals surface area (Å²) in [5.74, 6) is -0.867. The number of rotatable bonds is 7. The predicted octanol–water partition coefficient (Wildman–Crippen LogP) is 4.15. The zero-order valence-electron chi connectivity index (χ0n) is 16.5. The Kier molecular flexibility index (Phi) is 7.38. The third-order valence-electron chi connectivity index (χ3n) is 5.03. The van der Waals surface area contributed by atoms with Crippen LogP contribution in [0.4, 0.5) is 5.69 Å². The highest BCUT2D eigenvalue weighted by atomic mass is 35.5. The van der Waals surface area contributed by atoms with Gasteiger partial charge in [-0.05, 0) is 49.2 Å². The van der Waals surface area contributed by atoms with Crippen LogP contribution in [0.1, 0.15) is 42.5 Å². The Hall–Kier alpha value is -2.10. The van der Waals surface area contributed by atoms with E-state index >= 15 is 0 Å². The van der Waals surface area contributed by atoms with Crippen molar-refractivity contribution in [2.75, 3.05) is 18.4 Å². The molecule has 0 atom stereocenters. The fraction of sp³-hybridized carbons (Fsp3) is 0.400. The van der Waals surface area contributed by atoms with Crippen LogP contribution in [0.3, 0.4) is 0 Å². The summed E-state index contributed by atoms with van der Waals surface area (Å²) in [5.41, 5.74) is 0.523. The number of sulfonamides is 1. The molecule has 1 aliphatic rings. The van der Waals surface area contributed by atoms with Gasteiger partial charge in [-0.15, -0.1) is 11.3 Å². The van der Waals surface area contributed by atoms with Crippen LogP contribution in [-0.4, -0.2) is 44.9 Å². The van der Waals surface area contributed by atoms with Gasteiger partial charge in [0.05, 0.1) is 9.90 Å². The molecule has 3 rings (SSSR count). The van der Waals surface area contributed by atoms with Gasteiger partial charge in [0.1, 0.15) is 4.21 Å². The van der Waals surface area contributed by atoms with Crippen molar-refractivity contribution in [3.63, 3.8) is 0 Å². The summed E-state index contributed by atoms with van der Waals surface area (Å²) < 4.78 is 32.7. The van der Waals surface area contributed by atoms with E-state index < -0.39 is 16.0 Å². The zero-order chi connectivity index (χ0) is 21.7. The lowest BCUT2D eigenvalue weighted by Crippen LogP contribution is -2.40. The molecule has 10 heteroatoms. The number of thiophene rings is 1. The lowest BCUT2D eigenvalue weighted by atomic mass is 9.94. The standard InChI is InChI=1S/C20H23ClN2O5S2/c1-23(16-5-3-2-4-6-16)18(24)13-28-20(25)14-7-9-15(10-8-14)22-30(26,27)19-12-11-17(21)29-19/h7-12,16,22H,2-6,13H2,1H3. The van der Waals surface area contributed by atoms with Gasteiger partial charge in [-0.25, -0.2) is 13.2 Å². The van der Waals surface area contributed by atoms with Gasteiger partial charge in [0.15, 0.2) is 6.61 Å². The highest BCUT2D eigenvalue weighted by Crippen LogP contribution is 2.27. The minimum absolute atomic E-state index is 0.0941. The quantitative estimate of drug-likeness (QED) is 0.613. The third-order valence-corrected chi connectivity index (χ3v) is 8.13. The highest BCUT2D eigenvalue weighted by molar-refractivity contribution is 7.94. The van der Waals surface area contributed by atoms with E-state index in [4.69, 9.17) is 16.3 Å². The summed E-state index contributed by atoms with van der Waals surface area (Å²) >= 11 is 6.74. The van der Waals surface area contributed by atoms with Gasteiger partial charge in [-0.3, -0.25) is 9.52 Å². The number of halogens is 1. The molecule has 1 N–H and O–H groups in total. The Balaban J connectivity index is 1.54. The van der Waals surface area contributed by atoms with E-state index in [1.165, 1.54) is 42.8 Å². The van der Waals surface area contributed by atoms with Crippen molar-refractivity contribution >= 4 is 50.5 Å².